The Kier molecular flexibility index (Phi) is 5.81. The van der Waals surface area contributed by atoms with Crippen LogP contribution in [0, 0.1) is 0 Å². The van der Waals surface area contributed by atoms with Gasteiger partial charge in [-0.3, -0.25) is 4.79 Å². The normalized spacial score (nSPS) is 19.1. The fourth-order valence-electron chi connectivity index (χ4n) is 1.99. The van der Waals surface area contributed by atoms with Crippen molar-refractivity contribution in [2.75, 3.05) is 25.6 Å². The van der Waals surface area contributed by atoms with Crippen LogP contribution in [0.1, 0.15) is 19.2 Å². The fourth-order valence-corrected chi connectivity index (χ4v) is 2.68. The summed E-state index contributed by atoms with van der Waals surface area (Å²) in [5, 5.41) is 17.6. The van der Waals surface area contributed by atoms with Crippen LogP contribution in [0.5, 0.6) is 0 Å². The summed E-state index contributed by atoms with van der Waals surface area (Å²) in [5.41, 5.74) is 0. The molecule has 112 valence electrons. The highest BCUT2D eigenvalue weighted by Gasteiger charge is 2.20. The van der Waals surface area contributed by atoms with Gasteiger partial charge in [-0.25, -0.2) is 0 Å². The number of ether oxygens (including phenoxy) is 2. The molecule has 0 bridgehead atoms. The molecule has 0 aliphatic carbocycles. The lowest BCUT2D eigenvalue weighted by atomic mass is 10.3. The number of carboxylic acid groups (broad SMARTS) is 1. The Hall–Kier alpha value is -1.12. The van der Waals surface area contributed by atoms with Crippen LogP contribution in [-0.2, 0) is 27.2 Å². The second-order valence-corrected chi connectivity index (χ2v) is 5.45. The predicted molar refractivity (Wildman–Crippen MR) is 72.9 cm³/mol. The molecule has 1 aliphatic heterocycles. The molecule has 20 heavy (non-hydrogen) atoms. The van der Waals surface area contributed by atoms with E-state index in [0.717, 1.165) is 18.7 Å². The molecule has 1 fully saturated rings. The molecule has 0 aromatic carbocycles. The van der Waals surface area contributed by atoms with Crippen molar-refractivity contribution in [3.63, 3.8) is 0 Å². The molecule has 0 spiro atoms. The van der Waals surface area contributed by atoms with E-state index < -0.39 is 5.97 Å². The van der Waals surface area contributed by atoms with Crippen LogP contribution in [0.15, 0.2) is 5.16 Å². The van der Waals surface area contributed by atoms with Gasteiger partial charge in [-0.2, -0.15) is 0 Å². The van der Waals surface area contributed by atoms with Gasteiger partial charge in [0.05, 0.1) is 38.2 Å². The second kappa shape index (κ2) is 7.61. The summed E-state index contributed by atoms with van der Waals surface area (Å²) in [4.78, 5) is 10.7. The Morgan fingerprint density at radius 3 is 3.00 bits per heavy atom. The molecule has 1 aliphatic rings. The largest absolute Gasteiger partial charge is 0.481 e. The summed E-state index contributed by atoms with van der Waals surface area (Å²) in [6.45, 7) is 4.44. The number of carbonyl (C=O) groups is 1. The average Bonchev–Trinajstić information content (AvgIpc) is 2.81. The molecule has 1 unspecified atom stereocenters. The number of carboxylic acids is 1. The van der Waals surface area contributed by atoms with E-state index in [0.29, 0.717) is 31.5 Å². The van der Waals surface area contributed by atoms with Crippen molar-refractivity contribution >= 4 is 17.7 Å². The maximum atomic E-state index is 10.7. The molecule has 8 heteroatoms. The summed E-state index contributed by atoms with van der Waals surface area (Å²) in [6, 6.07) is 0. The molecule has 1 N–H and O–H groups in total. The monoisotopic (exact) mass is 301 g/mol. The zero-order valence-electron chi connectivity index (χ0n) is 11.4. The van der Waals surface area contributed by atoms with Crippen LogP contribution in [0.3, 0.4) is 0 Å². The molecule has 1 aromatic rings. The van der Waals surface area contributed by atoms with Crippen LogP contribution in [-0.4, -0.2) is 57.5 Å². The Labute approximate surface area is 121 Å². The number of aliphatic carboxylic acids is 1. The van der Waals surface area contributed by atoms with Crippen molar-refractivity contribution in [2.24, 2.45) is 0 Å². The molecular weight excluding hydrogens is 282 g/mol. The van der Waals surface area contributed by atoms with Crippen LogP contribution < -0.4 is 0 Å². The Balaban J connectivity index is 2.08. The number of nitrogens with zero attached hydrogens (tertiary/aromatic N) is 3. The van der Waals surface area contributed by atoms with Gasteiger partial charge in [0.25, 0.3) is 0 Å². The van der Waals surface area contributed by atoms with Crippen molar-refractivity contribution in [1.29, 1.82) is 0 Å². The first-order valence-electron chi connectivity index (χ1n) is 6.66. The number of hydrogen-bond donors (Lipinski definition) is 1. The van der Waals surface area contributed by atoms with Crippen molar-refractivity contribution < 1.29 is 19.4 Å². The van der Waals surface area contributed by atoms with Gasteiger partial charge < -0.3 is 19.1 Å². The average molecular weight is 301 g/mol. The Morgan fingerprint density at radius 2 is 2.35 bits per heavy atom. The van der Waals surface area contributed by atoms with E-state index in [2.05, 4.69) is 17.1 Å². The smallest absolute Gasteiger partial charge is 0.313 e. The lowest BCUT2D eigenvalue weighted by Gasteiger charge is -2.24. The highest BCUT2D eigenvalue weighted by molar-refractivity contribution is 7.99. The summed E-state index contributed by atoms with van der Waals surface area (Å²) in [7, 11) is 0. The first-order chi connectivity index (χ1) is 9.70. The van der Waals surface area contributed by atoms with Gasteiger partial charge in [0, 0.05) is 6.42 Å². The van der Waals surface area contributed by atoms with E-state index >= 15 is 0 Å². The quantitative estimate of drug-likeness (QED) is 0.746. The number of aryl methyl sites for hydroxylation is 1. The number of aromatic nitrogens is 3. The van der Waals surface area contributed by atoms with E-state index in [4.69, 9.17) is 14.6 Å². The minimum atomic E-state index is -0.862. The molecule has 0 amide bonds. The van der Waals surface area contributed by atoms with Gasteiger partial charge in [-0.1, -0.05) is 18.7 Å². The number of thioether (sulfide) groups is 1. The predicted octanol–water partition coefficient (Wildman–Crippen LogP) is 0.823. The third kappa shape index (κ3) is 4.19. The van der Waals surface area contributed by atoms with Crippen molar-refractivity contribution in [3.05, 3.63) is 5.82 Å². The molecule has 7 nitrogen and oxygen atoms in total. The Bertz CT molecular complexity index is 446. The second-order valence-electron chi connectivity index (χ2n) is 4.51. The molecule has 2 rings (SSSR count). The van der Waals surface area contributed by atoms with E-state index in [9.17, 15) is 4.79 Å². The van der Waals surface area contributed by atoms with Gasteiger partial charge >= 0.3 is 5.97 Å². The molecule has 2 heterocycles. The van der Waals surface area contributed by atoms with Gasteiger partial charge in [0.2, 0.25) is 0 Å². The minimum absolute atomic E-state index is 0.0215. The summed E-state index contributed by atoms with van der Waals surface area (Å²) >= 11 is 1.18. The maximum Gasteiger partial charge on any atom is 0.313 e. The SMILES string of the molecule is CCCc1nnc(SCC(=O)O)n1CC1COCCO1. The standard InChI is InChI=1S/C12H19N3O4S/c1-2-3-10-13-14-12(20-8-11(16)17)15(10)6-9-7-18-4-5-19-9/h9H,2-8H2,1H3,(H,16,17). The van der Waals surface area contributed by atoms with Gasteiger partial charge in [-0.05, 0) is 6.42 Å². The molecule has 1 saturated heterocycles. The van der Waals surface area contributed by atoms with E-state index in [1.807, 2.05) is 4.57 Å². The van der Waals surface area contributed by atoms with Crippen LogP contribution in [0.25, 0.3) is 0 Å². The first kappa shape index (κ1) is 15.3. The fraction of sp³-hybridized carbons (Fsp3) is 0.750. The van der Waals surface area contributed by atoms with Crippen LogP contribution in [0.2, 0.25) is 0 Å². The van der Waals surface area contributed by atoms with Crippen molar-refractivity contribution in [1.82, 2.24) is 14.8 Å². The Morgan fingerprint density at radius 1 is 1.50 bits per heavy atom. The molecule has 1 atom stereocenters. The molecular formula is C12H19N3O4S. The molecule has 0 radical (unpaired) electrons. The van der Waals surface area contributed by atoms with Gasteiger partial charge in [0.15, 0.2) is 5.16 Å². The lowest BCUT2D eigenvalue weighted by Crippen LogP contribution is -2.33. The highest BCUT2D eigenvalue weighted by Crippen LogP contribution is 2.19. The highest BCUT2D eigenvalue weighted by atomic mass is 32.2. The minimum Gasteiger partial charge on any atom is -0.481 e. The van der Waals surface area contributed by atoms with Crippen LogP contribution >= 0.6 is 11.8 Å². The third-order valence-corrected chi connectivity index (χ3v) is 3.81. The van der Waals surface area contributed by atoms with Crippen molar-refractivity contribution in [3.8, 4) is 0 Å². The lowest BCUT2D eigenvalue weighted by molar-refractivity contribution is -0.133. The van der Waals surface area contributed by atoms with Gasteiger partial charge in [0.1, 0.15) is 5.82 Å². The zero-order valence-corrected chi connectivity index (χ0v) is 12.3. The number of hydrogen-bond acceptors (Lipinski definition) is 6. The van der Waals surface area contributed by atoms with Gasteiger partial charge in [-0.15, -0.1) is 10.2 Å². The number of rotatable bonds is 7. The van der Waals surface area contributed by atoms with E-state index in [1.165, 1.54) is 11.8 Å². The van der Waals surface area contributed by atoms with E-state index in [-0.39, 0.29) is 11.9 Å². The first-order valence-corrected chi connectivity index (χ1v) is 7.65. The molecule has 0 saturated carbocycles. The summed E-state index contributed by atoms with van der Waals surface area (Å²) < 4.78 is 13.0. The third-order valence-electron chi connectivity index (χ3n) is 2.86. The van der Waals surface area contributed by atoms with Crippen LogP contribution in [0.4, 0.5) is 0 Å². The topological polar surface area (TPSA) is 86.5 Å². The van der Waals surface area contributed by atoms with E-state index in [1.54, 1.807) is 0 Å². The van der Waals surface area contributed by atoms with Crippen molar-refractivity contribution in [2.45, 2.75) is 37.6 Å². The maximum absolute atomic E-state index is 10.7. The molecule has 1 aromatic heterocycles. The zero-order chi connectivity index (χ0) is 14.4. The summed E-state index contributed by atoms with van der Waals surface area (Å²) in [5.74, 6) is -0.0138. The summed E-state index contributed by atoms with van der Waals surface area (Å²) in [6.07, 6.45) is 1.75.